The monoisotopic (exact) mass is 435 g/mol. The van der Waals surface area contributed by atoms with Gasteiger partial charge in [0, 0.05) is 19.8 Å². The van der Waals surface area contributed by atoms with Crippen LogP contribution in [0, 0.1) is 11.3 Å². The number of ether oxygens (including phenoxy) is 5. The quantitative estimate of drug-likeness (QED) is 0.366. The average Bonchev–Trinajstić information content (AvgIpc) is 2.83. The molecule has 1 atom stereocenters. The van der Waals surface area contributed by atoms with Gasteiger partial charge in [-0.15, -0.1) is 0 Å². The molecule has 1 unspecified atom stereocenters. The highest BCUT2D eigenvalue weighted by atomic mass is 16.7. The van der Waals surface area contributed by atoms with Crippen molar-refractivity contribution in [2.45, 2.75) is 12.2 Å². The van der Waals surface area contributed by atoms with Gasteiger partial charge in [0.05, 0.1) is 18.7 Å². The van der Waals surface area contributed by atoms with Gasteiger partial charge in [-0.05, 0) is 18.2 Å². The third kappa shape index (κ3) is 5.18. The van der Waals surface area contributed by atoms with E-state index in [9.17, 15) is 10.1 Å². The normalized spacial score (nSPS) is 11.5. The second-order valence-corrected chi connectivity index (χ2v) is 6.39. The lowest BCUT2D eigenvalue weighted by Crippen LogP contribution is -2.30. The number of hydrogen-bond donors (Lipinski definition) is 0. The van der Waals surface area contributed by atoms with Gasteiger partial charge in [-0.3, -0.25) is 4.79 Å². The topological polar surface area (TPSA) is 113 Å². The van der Waals surface area contributed by atoms with Crippen LogP contribution in [0.4, 0.5) is 0 Å². The predicted octanol–water partition coefficient (Wildman–Crippen LogP) is 3.81. The number of methoxy groups -OCH3 is 3. The van der Waals surface area contributed by atoms with Crippen molar-refractivity contribution < 1.29 is 28.5 Å². The molecule has 0 aliphatic carbocycles. The summed E-state index contributed by atoms with van der Waals surface area (Å²) in [7, 11) is 4.15. The summed E-state index contributed by atoms with van der Waals surface area (Å²) in [5.74, 6) is -0.378. The van der Waals surface area contributed by atoms with Crippen LogP contribution in [0.25, 0.3) is 0 Å². The first-order valence-electron chi connectivity index (χ1n) is 9.50. The number of esters is 1. The Morgan fingerprint density at radius 2 is 1.50 bits per heavy atom. The highest BCUT2D eigenvalue weighted by molar-refractivity contribution is 5.79. The minimum absolute atomic E-state index is 0.173. The Morgan fingerprint density at radius 3 is 2.12 bits per heavy atom. The molecule has 0 N–H and O–H groups in total. The van der Waals surface area contributed by atoms with E-state index in [0.29, 0.717) is 22.6 Å². The highest BCUT2D eigenvalue weighted by Crippen LogP contribution is 2.34. The lowest BCUT2D eigenvalue weighted by molar-refractivity contribution is -0.163. The smallest absolute Gasteiger partial charge is 0.318 e. The van der Waals surface area contributed by atoms with Crippen LogP contribution in [0.5, 0.6) is 23.3 Å². The molecule has 0 radical (unpaired) electrons. The average molecular weight is 435 g/mol. The molecule has 32 heavy (non-hydrogen) atoms. The lowest BCUT2D eigenvalue weighted by atomic mass is 9.97. The molecule has 2 aromatic carbocycles. The van der Waals surface area contributed by atoms with Gasteiger partial charge in [0.2, 0.25) is 11.8 Å². The van der Waals surface area contributed by atoms with Crippen molar-refractivity contribution in [1.29, 1.82) is 5.26 Å². The molecule has 3 rings (SSSR count). The summed E-state index contributed by atoms with van der Waals surface area (Å²) in [5.41, 5.74) is 0.856. The standard InChI is InChI=1S/C23H21N3O6/c1-28-22(27)21(23(29-2)30-3)16-9-5-7-11-18(16)32-20-12-19(25-14-26-20)31-17-10-6-4-8-15(17)13-24/h4-12,14,21,23H,1-3H3. The molecular formula is C23H21N3O6. The number of rotatable bonds is 9. The molecular weight excluding hydrogens is 414 g/mol. The molecule has 9 heteroatoms. The molecule has 0 bridgehead atoms. The Hall–Kier alpha value is -4.00. The van der Waals surface area contributed by atoms with Gasteiger partial charge in [0.25, 0.3) is 0 Å². The number of aromatic nitrogens is 2. The van der Waals surface area contributed by atoms with Crippen molar-refractivity contribution in [3.63, 3.8) is 0 Å². The molecule has 0 spiro atoms. The molecule has 0 saturated carbocycles. The van der Waals surface area contributed by atoms with Crippen LogP contribution >= 0.6 is 0 Å². The number of para-hydroxylation sites is 2. The Kier molecular flexibility index (Phi) is 7.70. The molecule has 3 aromatic rings. The zero-order chi connectivity index (χ0) is 22.9. The van der Waals surface area contributed by atoms with Crippen molar-refractivity contribution in [1.82, 2.24) is 9.97 Å². The minimum Gasteiger partial charge on any atom is -0.468 e. The van der Waals surface area contributed by atoms with Crippen LogP contribution in [0.15, 0.2) is 60.9 Å². The Bertz CT molecular complexity index is 1110. The largest absolute Gasteiger partial charge is 0.468 e. The molecule has 1 heterocycles. The zero-order valence-corrected chi connectivity index (χ0v) is 17.7. The third-order valence-corrected chi connectivity index (χ3v) is 4.50. The van der Waals surface area contributed by atoms with E-state index >= 15 is 0 Å². The number of nitrogens with zero attached hydrogens (tertiary/aromatic N) is 3. The maximum atomic E-state index is 12.5. The second kappa shape index (κ2) is 10.9. The van der Waals surface area contributed by atoms with Crippen molar-refractivity contribution in [2.75, 3.05) is 21.3 Å². The number of nitriles is 1. The van der Waals surface area contributed by atoms with E-state index in [0.717, 1.165) is 0 Å². The van der Waals surface area contributed by atoms with Crippen LogP contribution in [-0.2, 0) is 19.0 Å². The van der Waals surface area contributed by atoms with E-state index in [1.807, 2.05) is 0 Å². The number of hydrogen-bond acceptors (Lipinski definition) is 9. The zero-order valence-electron chi connectivity index (χ0n) is 17.7. The van der Waals surface area contributed by atoms with E-state index in [-0.39, 0.29) is 11.8 Å². The molecule has 0 aliphatic rings. The molecule has 0 amide bonds. The maximum absolute atomic E-state index is 12.5. The summed E-state index contributed by atoms with van der Waals surface area (Å²) in [6.07, 6.45) is 0.381. The maximum Gasteiger partial charge on any atom is 0.318 e. The van der Waals surface area contributed by atoms with Gasteiger partial charge in [0.1, 0.15) is 29.8 Å². The SMILES string of the molecule is COC(=O)C(c1ccccc1Oc1cc(Oc2ccccc2C#N)ncn1)C(OC)OC. The summed E-state index contributed by atoms with van der Waals surface area (Å²) < 4.78 is 27.2. The first-order valence-corrected chi connectivity index (χ1v) is 9.50. The molecule has 0 aliphatic heterocycles. The highest BCUT2D eigenvalue weighted by Gasteiger charge is 2.34. The van der Waals surface area contributed by atoms with Crippen molar-refractivity contribution in [2.24, 2.45) is 0 Å². The van der Waals surface area contributed by atoms with Crippen molar-refractivity contribution in [3.05, 3.63) is 72.1 Å². The van der Waals surface area contributed by atoms with Gasteiger partial charge in [-0.25, -0.2) is 9.97 Å². The van der Waals surface area contributed by atoms with E-state index in [1.54, 1.807) is 48.5 Å². The molecule has 164 valence electrons. The Morgan fingerprint density at radius 1 is 0.906 bits per heavy atom. The van der Waals surface area contributed by atoms with Crippen molar-refractivity contribution >= 4 is 5.97 Å². The minimum atomic E-state index is -0.897. The Labute approximate surface area is 185 Å². The molecule has 0 saturated heterocycles. The number of carbonyl (C=O) groups is 1. The van der Waals surface area contributed by atoms with Gasteiger partial charge >= 0.3 is 5.97 Å². The van der Waals surface area contributed by atoms with E-state index in [1.165, 1.54) is 33.7 Å². The second-order valence-electron chi connectivity index (χ2n) is 6.39. The number of carbonyl (C=O) groups excluding carboxylic acids is 1. The molecule has 0 fully saturated rings. The fourth-order valence-corrected chi connectivity index (χ4v) is 3.02. The van der Waals surface area contributed by atoms with Crippen LogP contribution in [0.1, 0.15) is 17.0 Å². The van der Waals surface area contributed by atoms with Gasteiger partial charge < -0.3 is 23.7 Å². The first kappa shape index (κ1) is 22.7. The summed E-state index contributed by atoms with van der Waals surface area (Å²) in [5, 5.41) is 9.23. The van der Waals surface area contributed by atoms with Gasteiger partial charge in [0.15, 0.2) is 6.29 Å². The third-order valence-electron chi connectivity index (χ3n) is 4.50. The Balaban J connectivity index is 1.91. The van der Waals surface area contributed by atoms with E-state index in [2.05, 4.69) is 16.0 Å². The summed E-state index contributed by atoms with van der Waals surface area (Å²) in [4.78, 5) is 20.7. The lowest BCUT2D eigenvalue weighted by Gasteiger charge is -2.24. The van der Waals surface area contributed by atoms with Crippen LogP contribution in [0.3, 0.4) is 0 Å². The molecule has 1 aromatic heterocycles. The van der Waals surface area contributed by atoms with Crippen LogP contribution in [-0.4, -0.2) is 43.6 Å². The summed E-state index contributed by atoms with van der Waals surface area (Å²) >= 11 is 0. The van der Waals surface area contributed by atoms with Gasteiger partial charge in [-0.1, -0.05) is 30.3 Å². The number of benzene rings is 2. The van der Waals surface area contributed by atoms with Crippen molar-refractivity contribution in [3.8, 4) is 29.3 Å². The van der Waals surface area contributed by atoms with Gasteiger partial charge in [-0.2, -0.15) is 5.26 Å². The predicted molar refractivity (Wildman–Crippen MR) is 112 cm³/mol. The summed E-state index contributed by atoms with van der Waals surface area (Å²) in [6.45, 7) is 0. The molecule has 9 nitrogen and oxygen atoms in total. The fourth-order valence-electron chi connectivity index (χ4n) is 3.02. The van der Waals surface area contributed by atoms with E-state index in [4.69, 9.17) is 23.7 Å². The first-order chi connectivity index (χ1) is 15.6. The van der Waals surface area contributed by atoms with Crippen LogP contribution < -0.4 is 9.47 Å². The van der Waals surface area contributed by atoms with E-state index < -0.39 is 18.2 Å². The van der Waals surface area contributed by atoms with Crippen LogP contribution in [0.2, 0.25) is 0 Å². The fraction of sp³-hybridized carbons (Fsp3) is 0.217. The summed E-state index contributed by atoms with van der Waals surface area (Å²) in [6, 6.07) is 17.2.